The molecule has 0 aliphatic carbocycles. The molecule has 1 rings (SSSR count). The van der Waals surface area contributed by atoms with Crippen LogP contribution in [0.15, 0.2) is 34.5 Å². The standard InChI is InChI=1S/C10H13N3O2/c1-10(2,3)12-11-8-5-4-6-9(7-8)13(14)15/h4-7H,1-3H3. The van der Waals surface area contributed by atoms with Crippen molar-refractivity contribution < 1.29 is 4.92 Å². The molecule has 0 N–H and O–H groups in total. The van der Waals surface area contributed by atoms with Crippen molar-refractivity contribution in [1.82, 2.24) is 0 Å². The number of hydrogen-bond acceptors (Lipinski definition) is 4. The van der Waals surface area contributed by atoms with E-state index in [1.54, 1.807) is 12.1 Å². The maximum absolute atomic E-state index is 10.5. The molecule has 1 aromatic carbocycles. The van der Waals surface area contributed by atoms with Gasteiger partial charge in [0.1, 0.15) is 0 Å². The molecule has 5 heteroatoms. The Morgan fingerprint density at radius 1 is 1.33 bits per heavy atom. The van der Waals surface area contributed by atoms with E-state index in [9.17, 15) is 10.1 Å². The van der Waals surface area contributed by atoms with Crippen LogP contribution in [0.1, 0.15) is 20.8 Å². The molecule has 5 nitrogen and oxygen atoms in total. The lowest BCUT2D eigenvalue weighted by molar-refractivity contribution is -0.384. The summed E-state index contributed by atoms with van der Waals surface area (Å²) in [6, 6.07) is 6.10. The normalized spacial score (nSPS) is 11.9. The Morgan fingerprint density at radius 3 is 2.53 bits per heavy atom. The van der Waals surface area contributed by atoms with Crippen LogP contribution in [0.25, 0.3) is 0 Å². The van der Waals surface area contributed by atoms with Crippen molar-refractivity contribution in [3.63, 3.8) is 0 Å². The van der Waals surface area contributed by atoms with E-state index in [0.717, 1.165) is 0 Å². The van der Waals surface area contributed by atoms with Gasteiger partial charge in [0.05, 0.1) is 16.1 Å². The summed E-state index contributed by atoms with van der Waals surface area (Å²) in [6.07, 6.45) is 0. The van der Waals surface area contributed by atoms with Crippen LogP contribution in [-0.4, -0.2) is 10.5 Å². The Hall–Kier alpha value is -1.78. The number of nitrogens with zero attached hydrogens (tertiary/aromatic N) is 3. The fourth-order valence-electron chi connectivity index (χ4n) is 0.877. The molecule has 0 atom stereocenters. The smallest absolute Gasteiger partial charge is 0.258 e. The molecule has 0 amide bonds. The first kappa shape index (κ1) is 11.3. The molecule has 0 heterocycles. The highest BCUT2D eigenvalue weighted by Gasteiger charge is 2.08. The maximum atomic E-state index is 10.5. The molecule has 0 bridgehead atoms. The van der Waals surface area contributed by atoms with Gasteiger partial charge in [0.15, 0.2) is 0 Å². The lowest BCUT2D eigenvalue weighted by Crippen LogP contribution is -2.07. The van der Waals surface area contributed by atoms with Crippen LogP contribution in [-0.2, 0) is 0 Å². The Bertz CT molecular complexity index is 394. The highest BCUT2D eigenvalue weighted by atomic mass is 16.6. The summed E-state index contributed by atoms with van der Waals surface area (Å²) in [4.78, 5) is 10.0. The molecule has 0 aliphatic rings. The first-order valence-corrected chi connectivity index (χ1v) is 4.56. The van der Waals surface area contributed by atoms with Crippen molar-refractivity contribution in [2.24, 2.45) is 10.2 Å². The summed E-state index contributed by atoms with van der Waals surface area (Å²) >= 11 is 0. The van der Waals surface area contributed by atoms with Crippen LogP contribution in [0, 0.1) is 10.1 Å². The van der Waals surface area contributed by atoms with Crippen molar-refractivity contribution in [3.05, 3.63) is 34.4 Å². The Balaban J connectivity index is 2.92. The van der Waals surface area contributed by atoms with Crippen molar-refractivity contribution in [2.45, 2.75) is 26.3 Å². The maximum Gasteiger partial charge on any atom is 0.271 e. The fourth-order valence-corrected chi connectivity index (χ4v) is 0.877. The van der Waals surface area contributed by atoms with Gasteiger partial charge in [0.2, 0.25) is 0 Å². The second-order valence-corrected chi connectivity index (χ2v) is 4.15. The Morgan fingerprint density at radius 2 is 2.00 bits per heavy atom. The molecule has 0 fully saturated rings. The van der Waals surface area contributed by atoms with Gasteiger partial charge < -0.3 is 0 Å². The van der Waals surface area contributed by atoms with Gasteiger partial charge in [-0.1, -0.05) is 6.07 Å². The number of nitro groups is 1. The van der Waals surface area contributed by atoms with Crippen LogP contribution >= 0.6 is 0 Å². The third-order valence-electron chi connectivity index (χ3n) is 1.51. The number of nitro benzene ring substituents is 1. The molecule has 0 aliphatic heterocycles. The topological polar surface area (TPSA) is 67.9 Å². The zero-order valence-electron chi connectivity index (χ0n) is 8.97. The van der Waals surface area contributed by atoms with Crippen molar-refractivity contribution >= 4 is 11.4 Å². The minimum absolute atomic E-state index is 0.0281. The van der Waals surface area contributed by atoms with Gasteiger partial charge in [0, 0.05) is 12.1 Å². The molecule has 0 aromatic heterocycles. The number of hydrogen-bond donors (Lipinski definition) is 0. The van der Waals surface area contributed by atoms with Crippen molar-refractivity contribution in [3.8, 4) is 0 Å². The van der Waals surface area contributed by atoms with E-state index in [1.165, 1.54) is 12.1 Å². The van der Waals surface area contributed by atoms with Crippen LogP contribution in [0.2, 0.25) is 0 Å². The second kappa shape index (κ2) is 4.16. The highest BCUT2D eigenvalue weighted by Crippen LogP contribution is 2.21. The SMILES string of the molecule is CC(C)(C)N=Nc1cccc([N+](=O)[O-])c1. The van der Waals surface area contributed by atoms with E-state index in [1.807, 2.05) is 20.8 Å². The van der Waals surface area contributed by atoms with E-state index in [4.69, 9.17) is 0 Å². The number of non-ortho nitro benzene ring substituents is 1. The summed E-state index contributed by atoms with van der Waals surface area (Å²) in [5, 5.41) is 18.5. The van der Waals surface area contributed by atoms with Crippen LogP contribution in [0.3, 0.4) is 0 Å². The Kier molecular flexibility index (Phi) is 3.14. The third kappa shape index (κ3) is 3.84. The van der Waals surface area contributed by atoms with Crippen molar-refractivity contribution in [1.29, 1.82) is 0 Å². The lowest BCUT2D eigenvalue weighted by atomic mass is 10.1. The molecular formula is C10H13N3O2. The van der Waals surface area contributed by atoms with E-state index >= 15 is 0 Å². The highest BCUT2D eigenvalue weighted by molar-refractivity contribution is 5.46. The molecule has 80 valence electrons. The first-order valence-electron chi connectivity index (χ1n) is 4.56. The Labute approximate surface area is 88.0 Å². The summed E-state index contributed by atoms with van der Waals surface area (Å²) < 4.78 is 0. The third-order valence-corrected chi connectivity index (χ3v) is 1.51. The van der Waals surface area contributed by atoms with E-state index < -0.39 is 4.92 Å². The van der Waals surface area contributed by atoms with Gasteiger partial charge >= 0.3 is 0 Å². The van der Waals surface area contributed by atoms with Crippen molar-refractivity contribution in [2.75, 3.05) is 0 Å². The predicted octanol–water partition coefficient (Wildman–Crippen LogP) is 3.48. The van der Waals surface area contributed by atoms with Gasteiger partial charge in [-0.05, 0) is 26.8 Å². The summed E-state index contributed by atoms with van der Waals surface area (Å²) in [6.45, 7) is 5.73. The molecule has 15 heavy (non-hydrogen) atoms. The average molecular weight is 207 g/mol. The van der Waals surface area contributed by atoms with Gasteiger partial charge in [-0.25, -0.2) is 0 Å². The minimum atomic E-state index is -0.448. The molecule has 0 spiro atoms. The number of azo groups is 1. The van der Waals surface area contributed by atoms with Gasteiger partial charge in [-0.15, -0.1) is 0 Å². The molecule has 0 saturated carbocycles. The van der Waals surface area contributed by atoms with E-state index in [2.05, 4.69) is 10.2 Å². The zero-order valence-corrected chi connectivity index (χ0v) is 8.97. The molecule has 0 radical (unpaired) electrons. The monoisotopic (exact) mass is 207 g/mol. The molecule has 1 aromatic rings. The predicted molar refractivity (Wildman–Crippen MR) is 57.4 cm³/mol. The summed E-state index contributed by atoms with van der Waals surface area (Å²) in [7, 11) is 0. The number of rotatable bonds is 2. The van der Waals surface area contributed by atoms with Gasteiger partial charge in [0.25, 0.3) is 5.69 Å². The summed E-state index contributed by atoms with van der Waals surface area (Å²) in [5.74, 6) is 0. The quantitative estimate of drug-likeness (QED) is 0.423. The number of benzene rings is 1. The molecule has 0 unspecified atom stereocenters. The molecule has 0 saturated heterocycles. The zero-order chi connectivity index (χ0) is 11.5. The minimum Gasteiger partial charge on any atom is -0.258 e. The van der Waals surface area contributed by atoms with E-state index in [0.29, 0.717) is 5.69 Å². The average Bonchev–Trinajstić information content (AvgIpc) is 2.14. The fraction of sp³-hybridized carbons (Fsp3) is 0.400. The second-order valence-electron chi connectivity index (χ2n) is 4.15. The van der Waals surface area contributed by atoms with Crippen LogP contribution < -0.4 is 0 Å². The van der Waals surface area contributed by atoms with Gasteiger partial charge in [-0.2, -0.15) is 10.2 Å². The van der Waals surface area contributed by atoms with Crippen LogP contribution in [0.5, 0.6) is 0 Å². The largest absolute Gasteiger partial charge is 0.271 e. The lowest BCUT2D eigenvalue weighted by Gasteiger charge is -2.08. The first-order chi connectivity index (χ1) is 6.88. The summed E-state index contributed by atoms with van der Waals surface area (Å²) in [5.41, 5.74) is 0.254. The molecular weight excluding hydrogens is 194 g/mol. The van der Waals surface area contributed by atoms with E-state index in [-0.39, 0.29) is 11.2 Å². The van der Waals surface area contributed by atoms with Crippen LogP contribution in [0.4, 0.5) is 11.4 Å². The van der Waals surface area contributed by atoms with Gasteiger partial charge in [-0.3, -0.25) is 10.1 Å².